The van der Waals surface area contributed by atoms with Crippen molar-refractivity contribution in [3.8, 4) is 0 Å². The zero-order valence-corrected chi connectivity index (χ0v) is 11.0. The van der Waals surface area contributed by atoms with E-state index < -0.39 is 24.5 Å². The number of ketones is 1. The van der Waals surface area contributed by atoms with Gasteiger partial charge in [-0.05, 0) is 11.1 Å². The highest BCUT2D eigenvalue weighted by molar-refractivity contribution is 6.00. The van der Waals surface area contributed by atoms with Crippen molar-refractivity contribution in [2.75, 3.05) is 0 Å². The first-order chi connectivity index (χ1) is 9.88. The van der Waals surface area contributed by atoms with Crippen molar-refractivity contribution in [1.29, 1.82) is 0 Å². The average molecular weight is 294 g/mol. The quantitative estimate of drug-likeness (QED) is 0.873. The van der Waals surface area contributed by atoms with Crippen LogP contribution in [0.2, 0.25) is 0 Å². The Morgan fingerprint density at radius 1 is 1.00 bits per heavy atom. The smallest absolute Gasteiger partial charge is 0.380 e. The maximum absolute atomic E-state index is 12.5. The standard InChI is InChI=1S/C16H13F3O2/c17-16(18,19)10-12-8-4-5-9-13(12)15(21)14(20)11-6-2-1-3-7-11/h1-9,15,21H,10H2. The van der Waals surface area contributed by atoms with E-state index in [4.69, 9.17) is 0 Å². The highest BCUT2D eigenvalue weighted by atomic mass is 19.4. The van der Waals surface area contributed by atoms with Gasteiger partial charge in [0, 0.05) is 5.56 Å². The molecule has 110 valence electrons. The SMILES string of the molecule is O=C(c1ccccc1)C(O)c1ccccc1CC(F)(F)F. The minimum Gasteiger partial charge on any atom is -0.380 e. The summed E-state index contributed by atoms with van der Waals surface area (Å²) in [7, 11) is 0. The molecule has 1 N–H and O–H groups in total. The van der Waals surface area contributed by atoms with Gasteiger partial charge in [0.2, 0.25) is 0 Å². The van der Waals surface area contributed by atoms with Gasteiger partial charge in [0.1, 0.15) is 6.10 Å². The van der Waals surface area contributed by atoms with E-state index in [1.54, 1.807) is 18.2 Å². The minimum atomic E-state index is -4.40. The molecule has 2 aromatic carbocycles. The third-order valence-corrected chi connectivity index (χ3v) is 3.05. The Kier molecular flexibility index (Phi) is 4.43. The van der Waals surface area contributed by atoms with Crippen LogP contribution in [0.5, 0.6) is 0 Å². The zero-order chi connectivity index (χ0) is 15.5. The molecule has 0 radical (unpaired) electrons. The topological polar surface area (TPSA) is 37.3 Å². The fraction of sp³-hybridized carbons (Fsp3) is 0.188. The molecule has 0 saturated heterocycles. The largest absolute Gasteiger partial charge is 0.393 e. The van der Waals surface area contributed by atoms with E-state index in [1.807, 2.05) is 0 Å². The number of hydrogen-bond donors (Lipinski definition) is 1. The molecule has 0 spiro atoms. The third-order valence-electron chi connectivity index (χ3n) is 3.05. The summed E-state index contributed by atoms with van der Waals surface area (Å²) in [5, 5.41) is 10.1. The molecule has 0 saturated carbocycles. The van der Waals surface area contributed by atoms with Crippen LogP contribution in [-0.2, 0) is 6.42 Å². The van der Waals surface area contributed by atoms with E-state index in [1.165, 1.54) is 36.4 Å². The van der Waals surface area contributed by atoms with Crippen molar-refractivity contribution in [1.82, 2.24) is 0 Å². The molecule has 2 nitrogen and oxygen atoms in total. The van der Waals surface area contributed by atoms with Crippen molar-refractivity contribution in [3.05, 3.63) is 71.3 Å². The number of rotatable bonds is 4. The number of hydrogen-bond acceptors (Lipinski definition) is 2. The van der Waals surface area contributed by atoms with Crippen LogP contribution in [0.25, 0.3) is 0 Å². The Hall–Kier alpha value is -2.14. The van der Waals surface area contributed by atoms with Gasteiger partial charge in [-0.3, -0.25) is 4.79 Å². The van der Waals surface area contributed by atoms with E-state index in [2.05, 4.69) is 0 Å². The van der Waals surface area contributed by atoms with Gasteiger partial charge >= 0.3 is 6.18 Å². The van der Waals surface area contributed by atoms with Crippen LogP contribution in [0, 0.1) is 0 Å². The van der Waals surface area contributed by atoms with Gasteiger partial charge < -0.3 is 5.11 Å². The number of aliphatic hydroxyl groups is 1. The number of aliphatic hydroxyl groups excluding tert-OH is 1. The summed E-state index contributed by atoms with van der Waals surface area (Å²) in [6, 6.07) is 13.5. The van der Waals surface area contributed by atoms with Crippen LogP contribution in [0.1, 0.15) is 27.6 Å². The summed E-state index contributed by atoms with van der Waals surface area (Å²) >= 11 is 0. The summed E-state index contributed by atoms with van der Waals surface area (Å²) in [4.78, 5) is 12.1. The van der Waals surface area contributed by atoms with Crippen molar-refractivity contribution >= 4 is 5.78 Å². The maximum Gasteiger partial charge on any atom is 0.393 e. The lowest BCUT2D eigenvalue weighted by molar-refractivity contribution is -0.127. The molecule has 0 fully saturated rings. The number of halogens is 3. The molecule has 0 aliphatic rings. The maximum atomic E-state index is 12.5. The van der Waals surface area contributed by atoms with Crippen molar-refractivity contribution in [2.45, 2.75) is 18.7 Å². The van der Waals surface area contributed by atoms with E-state index in [9.17, 15) is 23.1 Å². The number of carbonyl (C=O) groups excluding carboxylic acids is 1. The van der Waals surface area contributed by atoms with Gasteiger partial charge in [-0.15, -0.1) is 0 Å². The van der Waals surface area contributed by atoms with Gasteiger partial charge in [0.15, 0.2) is 5.78 Å². The molecule has 5 heteroatoms. The van der Waals surface area contributed by atoms with Crippen LogP contribution >= 0.6 is 0 Å². The van der Waals surface area contributed by atoms with Gasteiger partial charge in [0.05, 0.1) is 6.42 Å². The van der Waals surface area contributed by atoms with Crippen molar-refractivity contribution in [3.63, 3.8) is 0 Å². The number of benzene rings is 2. The minimum absolute atomic E-state index is 0.0105. The van der Waals surface area contributed by atoms with E-state index in [0.29, 0.717) is 0 Å². The Morgan fingerprint density at radius 3 is 2.19 bits per heavy atom. The molecule has 2 aromatic rings. The van der Waals surface area contributed by atoms with Crippen LogP contribution in [0.15, 0.2) is 54.6 Å². The van der Waals surface area contributed by atoms with E-state index in [0.717, 1.165) is 0 Å². The van der Waals surface area contributed by atoms with Gasteiger partial charge in [-0.1, -0.05) is 54.6 Å². The molecular formula is C16H13F3O2. The average Bonchev–Trinajstić information content (AvgIpc) is 2.45. The first kappa shape index (κ1) is 15.3. The van der Waals surface area contributed by atoms with Crippen LogP contribution in [0.3, 0.4) is 0 Å². The number of carbonyl (C=O) groups is 1. The summed E-state index contributed by atoms with van der Waals surface area (Å²) < 4.78 is 37.6. The molecule has 21 heavy (non-hydrogen) atoms. The molecule has 1 atom stereocenters. The summed E-state index contributed by atoms with van der Waals surface area (Å²) in [6.45, 7) is 0. The summed E-state index contributed by atoms with van der Waals surface area (Å²) in [6.07, 6.45) is -7.18. The van der Waals surface area contributed by atoms with Gasteiger partial charge in [0.25, 0.3) is 0 Å². The molecule has 0 aromatic heterocycles. The second-order valence-corrected chi connectivity index (χ2v) is 4.62. The molecule has 1 unspecified atom stereocenters. The molecule has 0 amide bonds. The number of alkyl halides is 3. The molecular weight excluding hydrogens is 281 g/mol. The van der Waals surface area contributed by atoms with E-state index in [-0.39, 0.29) is 16.7 Å². The monoisotopic (exact) mass is 294 g/mol. The highest BCUT2D eigenvalue weighted by Gasteiger charge is 2.31. The van der Waals surface area contributed by atoms with Gasteiger partial charge in [-0.25, -0.2) is 0 Å². The third kappa shape index (κ3) is 3.92. The summed E-state index contributed by atoms with van der Waals surface area (Å²) in [5.74, 6) is -0.620. The second kappa shape index (κ2) is 6.10. The first-order valence-electron chi connectivity index (χ1n) is 6.30. The lowest BCUT2D eigenvalue weighted by atomic mass is 9.94. The molecule has 0 bridgehead atoms. The Bertz CT molecular complexity index is 621. The Morgan fingerprint density at radius 2 is 1.57 bits per heavy atom. The van der Waals surface area contributed by atoms with Crippen LogP contribution in [-0.4, -0.2) is 17.1 Å². The fourth-order valence-corrected chi connectivity index (χ4v) is 2.08. The first-order valence-corrected chi connectivity index (χ1v) is 6.30. The highest BCUT2D eigenvalue weighted by Crippen LogP contribution is 2.28. The van der Waals surface area contributed by atoms with Crippen molar-refractivity contribution in [2.24, 2.45) is 0 Å². The summed E-state index contributed by atoms with van der Waals surface area (Å²) in [5.41, 5.74) is 0.150. The zero-order valence-electron chi connectivity index (χ0n) is 11.0. The van der Waals surface area contributed by atoms with Crippen LogP contribution < -0.4 is 0 Å². The predicted octanol–water partition coefficient (Wildman–Crippen LogP) is 3.71. The number of Topliss-reactive ketones (excluding diaryl/α,β-unsaturated/α-hetero) is 1. The van der Waals surface area contributed by atoms with Gasteiger partial charge in [-0.2, -0.15) is 13.2 Å². The normalized spacial score (nSPS) is 13.0. The molecule has 0 aliphatic heterocycles. The fourth-order valence-electron chi connectivity index (χ4n) is 2.08. The lowest BCUT2D eigenvalue weighted by Gasteiger charge is -2.16. The van der Waals surface area contributed by atoms with Crippen LogP contribution in [0.4, 0.5) is 13.2 Å². The van der Waals surface area contributed by atoms with Crippen molar-refractivity contribution < 1.29 is 23.1 Å². The molecule has 0 aliphatic carbocycles. The predicted molar refractivity (Wildman–Crippen MR) is 71.9 cm³/mol. The molecule has 0 heterocycles. The Labute approximate surface area is 119 Å². The Balaban J connectivity index is 2.31. The van der Waals surface area contributed by atoms with E-state index >= 15 is 0 Å². The second-order valence-electron chi connectivity index (χ2n) is 4.62. The molecule has 2 rings (SSSR count). The lowest BCUT2D eigenvalue weighted by Crippen LogP contribution is -2.18.